The first-order valence-corrected chi connectivity index (χ1v) is 12.1. The van der Waals surface area contributed by atoms with Crippen LogP contribution < -0.4 is 9.86 Å². The Kier molecular flexibility index (Phi) is 6.34. The van der Waals surface area contributed by atoms with E-state index in [0.29, 0.717) is 28.9 Å². The molecule has 2 aromatic heterocycles. The third-order valence-corrected chi connectivity index (χ3v) is 7.45. The second-order valence-corrected chi connectivity index (χ2v) is 9.52. The van der Waals surface area contributed by atoms with Gasteiger partial charge in [0.05, 0.1) is 17.3 Å². The van der Waals surface area contributed by atoms with E-state index < -0.39 is 10.0 Å². The number of sulfonamides is 1. The molecule has 0 saturated heterocycles. The molecule has 34 heavy (non-hydrogen) atoms. The third kappa shape index (κ3) is 4.23. The van der Waals surface area contributed by atoms with Gasteiger partial charge in [0, 0.05) is 30.4 Å². The molecular formula is C25H23N5O3S. The summed E-state index contributed by atoms with van der Waals surface area (Å²) in [5, 5.41) is 12.3. The number of hydrogen-bond donors (Lipinski definition) is 1. The summed E-state index contributed by atoms with van der Waals surface area (Å²) in [5.41, 5.74) is 2.70. The van der Waals surface area contributed by atoms with E-state index in [-0.39, 0.29) is 22.8 Å². The third-order valence-electron chi connectivity index (χ3n) is 5.57. The Morgan fingerprint density at radius 3 is 2.41 bits per heavy atom. The quantitative estimate of drug-likeness (QED) is 0.441. The molecule has 0 unspecified atom stereocenters. The summed E-state index contributed by atoms with van der Waals surface area (Å²) in [6.07, 6.45) is 1.55. The minimum Gasteiger partial charge on any atom is -0.294 e. The van der Waals surface area contributed by atoms with Crippen molar-refractivity contribution >= 4 is 15.7 Å². The summed E-state index contributed by atoms with van der Waals surface area (Å²) in [6, 6.07) is 21.1. The van der Waals surface area contributed by atoms with Crippen molar-refractivity contribution in [3.63, 3.8) is 0 Å². The van der Waals surface area contributed by atoms with E-state index in [1.807, 2.05) is 18.2 Å². The van der Waals surface area contributed by atoms with Crippen LogP contribution in [0.3, 0.4) is 0 Å². The maximum Gasteiger partial charge on any atom is 0.276 e. The van der Waals surface area contributed by atoms with Crippen molar-refractivity contribution in [2.24, 2.45) is 0 Å². The Hall–Kier alpha value is -4.16. The van der Waals surface area contributed by atoms with Crippen LogP contribution in [0.1, 0.15) is 29.3 Å². The molecule has 2 aromatic carbocycles. The molecular weight excluding hydrogens is 450 g/mol. The van der Waals surface area contributed by atoms with Crippen molar-refractivity contribution in [1.82, 2.24) is 14.8 Å². The van der Waals surface area contributed by atoms with Crippen molar-refractivity contribution in [3.8, 4) is 11.9 Å². The van der Waals surface area contributed by atoms with Crippen molar-refractivity contribution in [2.75, 3.05) is 10.8 Å². The van der Waals surface area contributed by atoms with Crippen LogP contribution in [0.2, 0.25) is 0 Å². The Balaban J connectivity index is 1.66. The number of H-pyrrole nitrogens is 1. The average Bonchev–Trinajstić information content (AvgIpc) is 3.14. The topological polar surface area (TPSA) is 112 Å². The number of nitrogens with one attached hydrogen (secondary N) is 1. The van der Waals surface area contributed by atoms with Gasteiger partial charge in [-0.15, -0.1) is 0 Å². The molecule has 0 saturated carbocycles. The summed E-state index contributed by atoms with van der Waals surface area (Å²) in [6.45, 7) is 3.80. The SMILES string of the molecule is CCN(c1ccccc1)S(=O)(=O)c1ccc(-n2[nH]c(C)c(Cc3ccccc3C#N)c2=O)nc1. The Morgan fingerprint density at radius 2 is 1.76 bits per heavy atom. The van der Waals surface area contributed by atoms with Gasteiger partial charge in [0.2, 0.25) is 0 Å². The van der Waals surface area contributed by atoms with Crippen LogP contribution >= 0.6 is 0 Å². The standard InChI is InChI=1S/C25H23N5O3S/c1-3-29(21-11-5-4-6-12-21)34(32,33)22-13-14-24(27-17-22)30-25(31)23(18(2)28-30)15-19-9-7-8-10-20(19)16-26/h4-14,17,28H,3,15H2,1-2H3. The van der Waals surface area contributed by atoms with Crippen LogP contribution in [0, 0.1) is 18.3 Å². The first-order chi connectivity index (χ1) is 16.4. The Labute approximate surface area is 197 Å². The van der Waals surface area contributed by atoms with Crippen LogP contribution in [0.25, 0.3) is 5.82 Å². The molecule has 0 aliphatic rings. The maximum atomic E-state index is 13.2. The molecule has 0 bridgehead atoms. The van der Waals surface area contributed by atoms with Gasteiger partial charge in [-0.05, 0) is 49.7 Å². The number of anilines is 1. The Bertz CT molecular complexity index is 1520. The monoisotopic (exact) mass is 473 g/mol. The van der Waals surface area contributed by atoms with Crippen LogP contribution in [-0.4, -0.2) is 29.7 Å². The number of hydrogen-bond acceptors (Lipinski definition) is 5. The number of pyridine rings is 1. The highest BCUT2D eigenvalue weighted by Crippen LogP contribution is 2.23. The molecule has 172 valence electrons. The fourth-order valence-corrected chi connectivity index (χ4v) is 5.21. The molecule has 4 rings (SSSR count). The molecule has 0 amide bonds. The van der Waals surface area contributed by atoms with Crippen LogP contribution in [0.15, 0.2) is 82.6 Å². The second kappa shape index (κ2) is 9.37. The lowest BCUT2D eigenvalue weighted by atomic mass is 10.0. The number of aromatic amines is 1. The number of benzene rings is 2. The normalized spacial score (nSPS) is 11.2. The molecule has 0 aliphatic heterocycles. The average molecular weight is 474 g/mol. The fraction of sp³-hybridized carbons (Fsp3) is 0.160. The van der Waals surface area contributed by atoms with Crippen LogP contribution in [0.5, 0.6) is 0 Å². The number of para-hydroxylation sites is 1. The molecule has 4 aromatic rings. The Morgan fingerprint density at radius 1 is 1.06 bits per heavy atom. The highest BCUT2D eigenvalue weighted by atomic mass is 32.2. The highest BCUT2D eigenvalue weighted by molar-refractivity contribution is 7.92. The first-order valence-electron chi connectivity index (χ1n) is 10.7. The summed E-state index contributed by atoms with van der Waals surface area (Å²) < 4.78 is 29.0. The molecule has 9 heteroatoms. The minimum atomic E-state index is -3.82. The zero-order valence-electron chi connectivity index (χ0n) is 18.8. The summed E-state index contributed by atoms with van der Waals surface area (Å²) in [4.78, 5) is 17.4. The minimum absolute atomic E-state index is 0.0291. The molecule has 0 fully saturated rings. The van der Waals surface area contributed by atoms with Gasteiger partial charge >= 0.3 is 0 Å². The molecule has 0 atom stereocenters. The number of rotatable bonds is 7. The van der Waals surface area contributed by atoms with Crippen LogP contribution in [-0.2, 0) is 16.4 Å². The van der Waals surface area contributed by atoms with Crippen molar-refractivity contribution in [2.45, 2.75) is 25.2 Å². The number of nitrogens with zero attached hydrogens (tertiary/aromatic N) is 4. The molecule has 2 heterocycles. The van der Waals surface area contributed by atoms with Gasteiger partial charge < -0.3 is 0 Å². The molecule has 0 radical (unpaired) electrons. The van der Waals surface area contributed by atoms with Gasteiger partial charge in [0.25, 0.3) is 15.6 Å². The van der Waals surface area contributed by atoms with E-state index in [2.05, 4.69) is 16.2 Å². The number of aryl methyl sites for hydroxylation is 1. The lowest BCUT2D eigenvalue weighted by Crippen LogP contribution is -2.30. The van der Waals surface area contributed by atoms with E-state index in [4.69, 9.17) is 0 Å². The van der Waals surface area contributed by atoms with Gasteiger partial charge in [-0.25, -0.2) is 18.1 Å². The van der Waals surface area contributed by atoms with E-state index in [1.165, 1.54) is 27.3 Å². The smallest absolute Gasteiger partial charge is 0.276 e. The van der Waals surface area contributed by atoms with Gasteiger partial charge in [-0.3, -0.25) is 14.2 Å². The highest BCUT2D eigenvalue weighted by Gasteiger charge is 2.24. The van der Waals surface area contributed by atoms with Crippen molar-refractivity contribution in [3.05, 3.63) is 106 Å². The zero-order valence-corrected chi connectivity index (χ0v) is 19.6. The van der Waals surface area contributed by atoms with Gasteiger partial charge in [0.1, 0.15) is 4.90 Å². The second-order valence-electron chi connectivity index (χ2n) is 7.66. The van der Waals surface area contributed by atoms with E-state index >= 15 is 0 Å². The van der Waals surface area contributed by atoms with Crippen molar-refractivity contribution in [1.29, 1.82) is 5.26 Å². The fourth-order valence-electron chi connectivity index (χ4n) is 3.79. The lowest BCUT2D eigenvalue weighted by Gasteiger charge is -2.22. The summed E-state index contributed by atoms with van der Waals surface area (Å²) >= 11 is 0. The predicted octanol–water partition coefficient (Wildman–Crippen LogP) is 3.55. The molecule has 0 aliphatic carbocycles. The zero-order chi connectivity index (χ0) is 24.3. The summed E-state index contributed by atoms with van der Waals surface area (Å²) in [5.74, 6) is 0.273. The maximum absolute atomic E-state index is 13.2. The van der Waals surface area contributed by atoms with Gasteiger partial charge in [-0.1, -0.05) is 36.4 Å². The molecule has 1 N–H and O–H groups in total. The van der Waals surface area contributed by atoms with Gasteiger partial charge in [-0.2, -0.15) is 5.26 Å². The lowest BCUT2D eigenvalue weighted by molar-refractivity contribution is 0.591. The first kappa shape index (κ1) is 23.0. The van der Waals surface area contributed by atoms with Gasteiger partial charge in [0.15, 0.2) is 5.82 Å². The number of nitriles is 1. The largest absolute Gasteiger partial charge is 0.294 e. The van der Waals surface area contributed by atoms with E-state index in [1.54, 1.807) is 50.2 Å². The van der Waals surface area contributed by atoms with Crippen LogP contribution in [0.4, 0.5) is 5.69 Å². The molecule has 8 nitrogen and oxygen atoms in total. The van der Waals surface area contributed by atoms with E-state index in [9.17, 15) is 18.5 Å². The predicted molar refractivity (Wildman–Crippen MR) is 130 cm³/mol. The van der Waals surface area contributed by atoms with Crippen molar-refractivity contribution < 1.29 is 8.42 Å². The molecule has 0 spiro atoms. The number of aromatic nitrogens is 3. The van der Waals surface area contributed by atoms with E-state index in [0.717, 1.165) is 5.56 Å². The summed E-state index contributed by atoms with van der Waals surface area (Å²) in [7, 11) is -3.82.